The Kier molecular flexibility index (Phi) is 8.09. The van der Waals surface area contributed by atoms with Crippen LogP contribution in [0, 0.1) is 0 Å². The highest BCUT2D eigenvalue weighted by molar-refractivity contribution is 6.30. The maximum absolute atomic E-state index is 12.0. The molecule has 0 atom stereocenters. The van der Waals surface area contributed by atoms with Crippen LogP contribution in [0.15, 0.2) is 24.3 Å². The van der Waals surface area contributed by atoms with Crippen LogP contribution >= 0.6 is 11.6 Å². The Bertz CT molecular complexity index is 1040. The number of amides is 1. The number of carbonyl (C=O) groups excluding carboxylic acids is 1. The van der Waals surface area contributed by atoms with E-state index in [0.717, 1.165) is 94.5 Å². The van der Waals surface area contributed by atoms with Gasteiger partial charge in [0.2, 0.25) is 0 Å². The van der Waals surface area contributed by atoms with E-state index < -0.39 is 0 Å². The second-order valence-electron chi connectivity index (χ2n) is 9.40. The fourth-order valence-corrected chi connectivity index (χ4v) is 5.37. The summed E-state index contributed by atoms with van der Waals surface area (Å²) in [5, 5.41) is 0.560. The van der Waals surface area contributed by atoms with Gasteiger partial charge in [-0.25, -0.2) is 14.8 Å². The fourth-order valence-electron chi connectivity index (χ4n) is 5.11. The molecule has 10 heteroatoms. The second kappa shape index (κ2) is 11.6. The predicted molar refractivity (Wildman–Crippen MR) is 141 cm³/mol. The number of hydrogen-bond acceptors (Lipinski definition) is 8. The summed E-state index contributed by atoms with van der Waals surface area (Å²) in [7, 11) is 0. The first kappa shape index (κ1) is 25.0. The van der Waals surface area contributed by atoms with Crippen molar-refractivity contribution in [1.82, 2.24) is 19.8 Å². The van der Waals surface area contributed by atoms with Gasteiger partial charge in [-0.05, 0) is 44.0 Å². The third-order valence-corrected chi connectivity index (χ3v) is 7.48. The first-order chi connectivity index (χ1) is 17.6. The lowest BCUT2D eigenvalue weighted by molar-refractivity contribution is 0.0376. The zero-order chi connectivity index (χ0) is 24.9. The number of hydrogen-bond donors (Lipinski definition) is 0. The van der Waals surface area contributed by atoms with Crippen molar-refractivity contribution in [3.63, 3.8) is 0 Å². The van der Waals surface area contributed by atoms with Gasteiger partial charge in [0.05, 0.1) is 19.8 Å². The molecule has 2 saturated heterocycles. The van der Waals surface area contributed by atoms with Crippen molar-refractivity contribution in [2.24, 2.45) is 0 Å². The Morgan fingerprint density at radius 3 is 2.47 bits per heavy atom. The van der Waals surface area contributed by atoms with Crippen molar-refractivity contribution in [3.8, 4) is 11.4 Å². The zero-order valence-electron chi connectivity index (χ0n) is 21.0. The van der Waals surface area contributed by atoms with E-state index in [2.05, 4.69) is 43.9 Å². The van der Waals surface area contributed by atoms with Gasteiger partial charge in [-0.2, -0.15) is 0 Å². The van der Waals surface area contributed by atoms with Crippen LogP contribution in [0.1, 0.15) is 18.9 Å². The molecule has 5 rings (SSSR count). The summed E-state index contributed by atoms with van der Waals surface area (Å²) in [6.45, 7) is 11.8. The fraction of sp³-hybridized carbons (Fsp3) is 0.577. The largest absolute Gasteiger partial charge is 0.450 e. The molecule has 36 heavy (non-hydrogen) atoms. The van der Waals surface area contributed by atoms with Gasteiger partial charge in [0, 0.05) is 75.7 Å². The predicted octanol–water partition coefficient (Wildman–Crippen LogP) is 3.16. The summed E-state index contributed by atoms with van der Waals surface area (Å²) < 4.78 is 10.6. The van der Waals surface area contributed by atoms with Crippen LogP contribution in [0.3, 0.4) is 0 Å². The van der Waals surface area contributed by atoms with Crippen molar-refractivity contribution < 1.29 is 14.3 Å². The minimum atomic E-state index is -0.228. The molecule has 2 aromatic rings. The van der Waals surface area contributed by atoms with Gasteiger partial charge in [0.15, 0.2) is 5.82 Å². The van der Waals surface area contributed by atoms with Crippen LogP contribution < -0.4 is 9.80 Å². The molecule has 0 radical (unpaired) electrons. The lowest BCUT2D eigenvalue weighted by Crippen LogP contribution is -2.49. The zero-order valence-corrected chi connectivity index (χ0v) is 21.8. The summed E-state index contributed by atoms with van der Waals surface area (Å²) in [5.41, 5.74) is 3.14. The van der Waals surface area contributed by atoms with Gasteiger partial charge >= 0.3 is 6.09 Å². The van der Waals surface area contributed by atoms with Crippen molar-refractivity contribution >= 4 is 29.2 Å². The molecule has 1 amide bonds. The van der Waals surface area contributed by atoms with Crippen molar-refractivity contribution in [2.75, 3.05) is 88.5 Å². The highest BCUT2D eigenvalue weighted by Crippen LogP contribution is 2.33. The Hall–Kier alpha value is -2.62. The summed E-state index contributed by atoms with van der Waals surface area (Å²) in [4.78, 5) is 30.4. The first-order valence-corrected chi connectivity index (χ1v) is 13.4. The van der Waals surface area contributed by atoms with Gasteiger partial charge < -0.3 is 24.2 Å². The summed E-state index contributed by atoms with van der Waals surface area (Å²) in [6.07, 6.45) is 1.75. The van der Waals surface area contributed by atoms with Crippen LogP contribution in [0.2, 0.25) is 5.15 Å². The summed E-state index contributed by atoms with van der Waals surface area (Å²) in [5.74, 6) is 1.64. The number of piperazine rings is 1. The van der Waals surface area contributed by atoms with E-state index in [4.69, 9.17) is 26.1 Å². The molecule has 3 aliphatic rings. The van der Waals surface area contributed by atoms with Crippen molar-refractivity contribution in [2.45, 2.75) is 19.8 Å². The lowest BCUT2D eigenvalue weighted by atomic mass is 10.1. The molecule has 0 aliphatic carbocycles. The van der Waals surface area contributed by atoms with E-state index in [9.17, 15) is 4.79 Å². The van der Waals surface area contributed by atoms with E-state index in [1.165, 1.54) is 0 Å². The number of fused-ring (bicyclic) bond motifs is 1. The highest BCUT2D eigenvalue weighted by Gasteiger charge is 2.26. The molecule has 1 aromatic heterocycles. The molecule has 3 aliphatic heterocycles. The van der Waals surface area contributed by atoms with Crippen LogP contribution in [0.5, 0.6) is 0 Å². The lowest BCUT2D eigenvalue weighted by Gasteiger charge is -2.35. The number of carbonyl (C=O) groups is 1. The first-order valence-electron chi connectivity index (χ1n) is 13.0. The van der Waals surface area contributed by atoms with Crippen LogP contribution in [0.4, 0.5) is 16.3 Å². The number of aromatic nitrogens is 2. The van der Waals surface area contributed by atoms with Crippen molar-refractivity contribution in [1.29, 1.82) is 0 Å². The van der Waals surface area contributed by atoms with Crippen molar-refractivity contribution in [3.05, 3.63) is 35.0 Å². The quantitative estimate of drug-likeness (QED) is 0.522. The van der Waals surface area contributed by atoms with Crippen LogP contribution in [-0.4, -0.2) is 105 Å². The second-order valence-corrected chi connectivity index (χ2v) is 9.76. The molecule has 4 heterocycles. The Morgan fingerprint density at radius 2 is 1.75 bits per heavy atom. The molecule has 9 nitrogen and oxygen atoms in total. The topological polar surface area (TPSA) is 74.3 Å². The number of rotatable bonds is 7. The molecular formula is C26H35ClN6O3. The molecule has 0 N–H and O–H groups in total. The van der Waals surface area contributed by atoms with Crippen LogP contribution in [-0.2, 0) is 15.9 Å². The van der Waals surface area contributed by atoms with Gasteiger partial charge in [-0.15, -0.1) is 0 Å². The minimum absolute atomic E-state index is 0.228. The maximum Gasteiger partial charge on any atom is 0.409 e. The monoisotopic (exact) mass is 514 g/mol. The molecule has 0 spiro atoms. The third-order valence-electron chi connectivity index (χ3n) is 7.17. The average molecular weight is 515 g/mol. The van der Waals surface area contributed by atoms with E-state index in [0.29, 0.717) is 30.7 Å². The normalized spacial score (nSPS) is 18.4. The molecule has 1 aromatic carbocycles. The minimum Gasteiger partial charge on any atom is -0.450 e. The van der Waals surface area contributed by atoms with Gasteiger partial charge in [0.1, 0.15) is 11.0 Å². The molecule has 0 unspecified atom stereocenters. The van der Waals surface area contributed by atoms with E-state index in [1.54, 1.807) is 4.90 Å². The Labute approximate surface area is 217 Å². The van der Waals surface area contributed by atoms with Gasteiger partial charge in [0.25, 0.3) is 0 Å². The van der Waals surface area contributed by atoms with Gasteiger partial charge in [-0.3, -0.25) is 4.90 Å². The molecule has 194 valence electrons. The number of anilines is 2. The van der Waals surface area contributed by atoms with Crippen LogP contribution in [0.25, 0.3) is 11.4 Å². The summed E-state index contributed by atoms with van der Waals surface area (Å²) >= 11 is 6.61. The maximum atomic E-state index is 12.0. The van der Waals surface area contributed by atoms with E-state index in [-0.39, 0.29) is 6.09 Å². The molecule has 2 fully saturated rings. The highest BCUT2D eigenvalue weighted by atomic mass is 35.5. The number of benzene rings is 1. The number of nitrogens with zero attached hydrogens (tertiary/aromatic N) is 6. The molecule has 0 saturated carbocycles. The average Bonchev–Trinajstić information content (AvgIpc) is 3.33. The summed E-state index contributed by atoms with van der Waals surface area (Å²) in [6, 6.07) is 8.31. The number of halogens is 1. The number of morpholine rings is 1. The Balaban J connectivity index is 1.21. The third kappa shape index (κ3) is 5.68. The smallest absolute Gasteiger partial charge is 0.409 e. The number of ether oxygens (including phenoxy) is 2. The molecular weight excluding hydrogens is 480 g/mol. The van der Waals surface area contributed by atoms with E-state index >= 15 is 0 Å². The standard InChI is InChI=1S/C26H35ClN6O3/c1-2-36-26(34)33-14-12-31(13-15-33)21-6-4-20(5-7-21)24-28-23(27)22-8-11-32(25(22)29-24)10-3-9-30-16-18-35-19-17-30/h4-7H,2-3,8-19H2,1H3. The van der Waals surface area contributed by atoms with E-state index in [1.807, 2.05) is 6.92 Å². The van der Waals surface area contributed by atoms with Gasteiger partial charge in [-0.1, -0.05) is 11.6 Å². The Morgan fingerprint density at radius 1 is 1.00 bits per heavy atom. The molecule has 0 bridgehead atoms. The SMILES string of the molecule is CCOC(=O)N1CCN(c2ccc(-c3nc(Cl)c4c(n3)N(CCCN3CCOCC3)CC4)cc2)CC1.